The van der Waals surface area contributed by atoms with E-state index in [1.165, 1.54) is 30.6 Å². The van der Waals surface area contributed by atoms with E-state index in [4.69, 9.17) is 5.73 Å². The zero-order valence-corrected chi connectivity index (χ0v) is 10.3. The molecule has 2 heteroatoms. The van der Waals surface area contributed by atoms with Crippen molar-refractivity contribution in [2.24, 2.45) is 11.7 Å². The Hall–Kier alpha value is -1.02. The molecule has 1 aliphatic carbocycles. The minimum Gasteiger partial charge on any atom is -0.369 e. The molecule has 0 heterocycles. The molecule has 1 aromatic rings. The fourth-order valence-corrected chi connectivity index (χ4v) is 2.13. The van der Waals surface area contributed by atoms with Gasteiger partial charge in [-0.3, -0.25) is 0 Å². The van der Waals surface area contributed by atoms with Crippen molar-refractivity contribution in [1.29, 1.82) is 0 Å². The Morgan fingerprint density at radius 3 is 2.56 bits per heavy atom. The van der Waals surface area contributed by atoms with Crippen LogP contribution in [-0.2, 0) is 6.54 Å². The highest BCUT2D eigenvalue weighted by atomic mass is 15.2. The largest absolute Gasteiger partial charge is 0.369 e. The minimum absolute atomic E-state index is 0.549. The lowest BCUT2D eigenvalue weighted by molar-refractivity contribution is 0.641. The van der Waals surface area contributed by atoms with Gasteiger partial charge in [-0.25, -0.2) is 0 Å². The average Bonchev–Trinajstić information content (AvgIpc) is 3.09. The van der Waals surface area contributed by atoms with E-state index in [1.54, 1.807) is 0 Å². The van der Waals surface area contributed by atoms with Crippen LogP contribution < -0.4 is 10.6 Å². The zero-order valence-electron chi connectivity index (χ0n) is 10.3. The summed E-state index contributed by atoms with van der Waals surface area (Å²) < 4.78 is 0. The molecule has 0 atom stereocenters. The molecule has 0 aliphatic heterocycles. The Kier molecular flexibility index (Phi) is 3.49. The molecular formula is C14H22N2. The molecule has 0 unspecified atom stereocenters. The van der Waals surface area contributed by atoms with Gasteiger partial charge in [0.2, 0.25) is 0 Å². The topological polar surface area (TPSA) is 29.3 Å². The summed E-state index contributed by atoms with van der Waals surface area (Å²) in [7, 11) is 0. The molecule has 1 saturated carbocycles. The number of nitrogens with zero attached hydrogens (tertiary/aromatic N) is 1. The molecule has 0 aromatic heterocycles. The lowest BCUT2D eigenvalue weighted by Crippen LogP contribution is -2.33. The van der Waals surface area contributed by atoms with Gasteiger partial charge in [-0.15, -0.1) is 0 Å². The van der Waals surface area contributed by atoms with Crippen LogP contribution in [0.5, 0.6) is 0 Å². The van der Waals surface area contributed by atoms with Gasteiger partial charge < -0.3 is 10.6 Å². The number of hydrogen-bond acceptors (Lipinski definition) is 2. The summed E-state index contributed by atoms with van der Waals surface area (Å²) in [5.74, 6) is 0.910. The van der Waals surface area contributed by atoms with Crippen LogP contribution in [0.4, 0.5) is 5.69 Å². The quantitative estimate of drug-likeness (QED) is 0.823. The fraction of sp³-hybridized carbons (Fsp3) is 0.571. The SMILES string of the molecule is CC(C)N(CC1CC1)c1ccccc1CN. The second-order valence-corrected chi connectivity index (χ2v) is 5.02. The Bertz CT molecular complexity index is 342. The zero-order chi connectivity index (χ0) is 11.5. The summed E-state index contributed by atoms with van der Waals surface area (Å²) in [6, 6.07) is 9.06. The summed E-state index contributed by atoms with van der Waals surface area (Å²) in [4.78, 5) is 2.50. The standard InChI is InChI=1S/C14H22N2/c1-11(2)16(10-12-7-8-12)14-6-4-3-5-13(14)9-15/h3-6,11-12H,7-10,15H2,1-2H3. The monoisotopic (exact) mass is 218 g/mol. The van der Waals surface area contributed by atoms with Crippen LogP contribution in [0.15, 0.2) is 24.3 Å². The third-order valence-electron chi connectivity index (χ3n) is 3.30. The van der Waals surface area contributed by atoms with Crippen molar-refractivity contribution in [2.75, 3.05) is 11.4 Å². The van der Waals surface area contributed by atoms with E-state index >= 15 is 0 Å². The van der Waals surface area contributed by atoms with E-state index in [-0.39, 0.29) is 0 Å². The van der Waals surface area contributed by atoms with Gasteiger partial charge in [0.25, 0.3) is 0 Å². The first-order chi connectivity index (χ1) is 7.72. The van der Waals surface area contributed by atoms with Crippen molar-refractivity contribution >= 4 is 5.69 Å². The maximum absolute atomic E-state index is 5.81. The lowest BCUT2D eigenvalue weighted by atomic mass is 10.1. The van der Waals surface area contributed by atoms with E-state index in [2.05, 4.69) is 43.0 Å². The van der Waals surface area contributed by atoms with Crippen molar-refractivity contribution in [3.63, 3.8) is 0 Å². The summed E-state index contributed by atoms with van der Waals surface area (Å²) in [5, 5.41) is 0. The van der Waals surface area contributed by atoms with Crippen molar-refractivity contribution in [2.45, 2.75) is 39.3 Å². The van der Waals surface area contributed by atoms with Crippen molar-refractivity contribution in [1.82, 2.24) is 0 Å². The number of rotatable bonds is 5. The highest BCUT2D eigenvalue weighted by Gasteiger charge is 2.26. The van der Waals surface area contributed by atoms with Gasteiger partial charge in [0, 0.05) is 24.8 Å². The third kappa shape index (κ3) is 2.56. The van der Waals surface area contributed by atoms with E-state index in [0.29, 0.717) is 12.6 Å². The summed E-state index contributed by atoms with van der Waals surface area (Å²) in [6.45, 7) is 6.34. The summed E-state index contributed by atoms with van der Waals surface area (Å²) in [5.41, 5.74) is 8.40. The first-order valence-electron chi connectivity index (χ1n) is 6.27. The van der Waals surface area contributed by atoms with Crippen LogP contribution in [-0.4, -0.2) is 12.6 Å². The molecule has 1 aromatic carbocycles. The second-order valence-electron chi connectivity index (χ2n) is 5.02. The molecule has 88 valence electrons. The van der Waals surface area contributed by atoms with Gasteiger partial charge in [0.15, 0.2) is 0 Å². The molecule has 0 saturated heterocycles. The van der Waals surface area contributed by atoms with Crippen LogP contribution >= 0.6 is 0 Å². The van der Waals surface area contributed by atoms with Gasteiger partial charge in [0.1, 0.15) is 0 Å². The van der Waals surface area contributed by atoms with Crippen molar-refractivity contribution in [3.8, 4) is 0 Å². The normalized spacial score (nSPS) is 15.5. The van der Waals surface area contributed by atoms with Crippen molar-refractivity contribution < 1.29 is 0 Å². The molecule has 0 amide bonds. The van der Waals surface area contributed by atoms with E-state index in [1.807, 2.05) is 0 Å². The van der Waals surface area contributed by atoms with Gasteiger partial charge >= 0.3 is 0 Å². The van der Waals surface area contributed by atoms with Gasteiger partial charge in [-0.1, -0.05) is 18.2 Å². The lowest BCUT2D eigenvalue weighted by Gasteiger charge is -2.31. The molecule has 0 radical (unpaired) electrons. The molecule has 1 fully saturated rings. The number of benzene rings is 1. The molecule has 16 heavy (non-hydrogen) atoms. The molecule has 0 spiro atoms. The maximum Gasteiger partial charge on any atom is 0.0414 e. The maximum atomic E-state index is 5.81. The first kappa shape index (κ1) is 11.5. The number of para-hydroxylation sites is 1. The fourth-order valence-electron chi connectivity index (χ4n) is 2.13. The predicted molar refractivity (Wildman–Crippen MR) is 69.5 cm³/mol. The number of anilines is 1. The highest BCUT2D eigenvalue weighted by Crippen LogP contribution is 2.33. The molecule has 1 aliphatic rings. The number of nitrogens with two attached hydrogens (primary N) is 1. The second kappa shape index (κ2) is 4.88. The van der Waals surface area contributed by atoms with E-state index < -0.39 is 0 Å². The number of hydrogen-bond donors (Lipinski definition) is 1. The third-order valence-corrected chi connectivity index (χ3v) is 3.30. The smallest absolute Gasteiger partial charge is 0.0414 e. The summed E-state index contributed by atoms with van der Waals surface area (Å²) in [6.07, 6.45) is 2.79. The van der Waals surface area contributed by atoms with Gasteiger partial charge in [0.05, 0.1) is 0 Å². The van der Waals surface area contributed by atoms with E-state index in [0.717, 1.165) is 5.92 Å². The predicted octanol–water partition coefficient (Wildman–Crippen LogP) is 2.77. The highest BCUT2D eigenvalue weighted by molar-refractivity contribution is 5.54. The average molecular weight is 218 g/mol. The van der Waals surface area contributed by atoms with Gasteiger partial charge in [-0.05, 0) is 44.2 Å². The van der Waals surface area contributed by atoms with Gasteiger partial charge in [-0.2, -0.15) is 0 Å². The molecule has 2 N–H and O–H groups in total. The van der Waals surface area contributed by atoms with Crippen molar-refractivity contribution in [3.05, 3.63) is 29.8 Å². The summed E-state index contributed by atoms with van der Waals surface area (Å²) >= 11 is 0. The van der Waals surface area contributed by atoms with Crippen LogP contribution in [0.2, 0.25) is 0 Å². The molecule has 0 bridgehead atoms. The van der Waals surface area contributed by atoms with Crippen LogP contribution in [0, 0.1) is 5.92 Å². The molecule has 2 nitrogen and oxygen atoms in total. The van der Waals surface area contributed by atoms with E-state index in [9.17, 15) is 0 Å². The minimum atomic E-state index is 0.549. The first-order valence-corrected chi connectivity index (χ1v) is 6.27. The Morgan fingerprint density at radius 2 is 2.00 bits per heavy atom. The van der Waals surface area contributed by atoms with Crippen LogP contribution in [0.3, 0.4) is 0 Å². The van der Waals surface area contributed by atoms with Crippen LogP contribution in [0.1, 0.15) is 32.3 Å². The molecular weight excluding hydrogens is 196 g/mol. The Labute approximate surface area is 98.4 Å². The molecule has 2 rings (SSSR count). The Morgan fingerprint density at radius 1 is 1.31 bits per heavy atom. The Balaban J connectivity index is 2.22. The van der Waals surface area contributed by atoms with Crippen LogP contribution in [0.25, 0.3) is 0 Å².